The molecule has 0 spiro atoms. The average molecular weight is 399 g/mol. The number of aliphatic hydroxyl groups is 1. The van der Waals surface area contributed by atoms with Crippen LogP contribution in [0.1, 0.15) is 6.92 Å². The fraction of sp³-hybridized carbons (Fsp3) is 0.0625. The van der Waals surface area contributed by atoms with Crippen LogP contribution in [0.15, 0.2) is 53.9 Å². The molecule has 0 atom stereocenters. The van der Waals surface area contributed by atoms with Gasteiger partial charge in [0.15, 0.2) is 0 Å². The molecular weight excluding hydrogens is 383 g/mol. The summed E-state index contributed by atoms with van der Waals surface area (Å²) in [5, 5.41) is 22.4. The number of amides is 1. The van der Waals surface area contributed by atoms with Crippen molar-refractivity contribution >= 4 is 46.2 Å². The van der Waals surface area contributed by atoms with Crippen LogP contribution in [-0.4, -0.2) is 15.9 Å². The molecule has 2 rings (SSSR count). The lowest BCUT2D eigenvalue weighted by atomic mass is 10.3. The fourth-order valence-corrected chi connectivity index (χ4v) is 1.94. The zero-order chi connectivity index (χ0) is 19.9. The maximum atomic E-state index is 11.4. The number of halogens is 2. The minimum absolute atomic E-state index is 0.124. The lowest BCUT2D eigenvalue weighted by molar-refractivity contribution is -0.383. The number of nitrogens with one attached hydrogen (secondary N) is 1. The summed E-state index contributed by atoms with van der Waals surface area (Å²) in [7, 11) is 0. The molecular formula is C16H16Cl2N4O4. The number of hydrogen-bond donors (Lipinski definition) is 4. The topological polar surface area (TPSA) is 145 Å². The third-order valence-electron chi connectivity index (χ3n) is 2.95. The molecule has 0 saturated heterocycles. The summed E-state index contributed by atoms with van der Waals surface area (Å²) in [4.78, 5) is 21.1. The molecule has 0 radical (unpaired) electrons. The number of anilines is 2. The highest BCUT2D eigenvalue weighted by Crippen LogP contribution is 2.24. The Balaban J connectivity index is 0.000000273. The van der Waals surface area contributed by atoms with Gasteiger partial charge in [0.1, 0.15) is 17.1 Å². The molecule has 0 unspecified atom stereocenters. The van der Waals surface area contributed by atoms with Gasteiger partial charge in [-0.1, -0.05) is 35.3 Å². The van der Waals surface area contributed by atoms with Gasteiger partial charge in [0, 0.05) is 11.1 Å². The van der Waals surface area contributed by atoms with Gasteiger partial charge in [0.25, 0.3) is 11.6 Å². The smallest absolute Gasteiger partial charge is 0.293 e. The summed E-state index contributed by atoms with van der Waals surface area (Å²) >= 11 is 11.3. The quantitative estimate of drug-likeness (QED) is 0.203. The second-order valence-corrected chi connectivity index (χ2v) is 5.74. The number of nitrogens with two attached hydrogens (primary N) is 2. The van der Waals surface area contributed by atoms with Gasteiger partial charge < -0.3 is 21.9 Å². The number of nitrogens with zero attached hydrogens (tertiary/aromatic N) is 1. The van der Waals surface area contributed by atoms with Crippen molar-refractivity contribution in [3.05, 3.63) is 74.1 Å². The molecule has 8 nitrogen and oxygen atoms in total. The molecule has 0 aliphatic carbocycles. The van der Waals surface area contributed by atoms with Crippen LogP contribution in [0.25, 0.3) is 0 Å². The molecule has 0 aliphatic rings. The van der Waals surface area contributed by atoms with Crippen molar-refractivity contribution in [3.8, 4) is 0 Å². The van der Waals surface area contributed by atoms with Gasteiger partial charge >= 0.3 is 0 Å². The number of nitrogen functional groups attached to an aromatic ring is 1. The first kappa shape index (κ1) is 21.1. The third-order valence-corrected chi connectivity index (χ3v) is 3.51. The molecule has 1 amide bonds. The number of benzene rings is 2. The highest BCUT2D eigenvalue weighted by Gasteiger charge is 2.11. The lowest BCUT2D eigenvalue weighted by Crippen LogP contribution is -2.21. The van der Waals surface area contributed by atoms with E-state index in [1.165, 1.54) is 25.1 Å². The maximum absolute atomic E-state index is 11.4. The van der Waals surface area contributed by atoms with Crippen LogP contribution in [0.2, 0.25) is 10.0 Å². The van der Waals surface area contributed by atoms with Gasteiger partial charge in [-0.3, -0.25) is 14.9 Å². The molecule has 26 heavy (non-hydrogen) atoms. The fourth-order valence-electron chi connectivity index (χ4n) is 1.59. The van der Waals surface area contributed by atoms with E-state index < -0.39 is 10.8 Å². The van der Waals surface area contributed by atoms with E-state index in [-0.39, 0.29) is 22.8 Å². The van der Waals surface area contributed by atoms with Crippen LogP contribution in [0, 0.1) is 10.1 Å². The lowest BCUT2D eigenvalue weighted by Gasteiger charge is -2.07. The van der Waals surface area contributed by atoms with Gasteiger partial charge in [-0.2, -0.15) is 0 Å². The molecule has 0 bridgehead atoms. The van der Waals surface area contributed by atoms with E-state index >= 15 is 0 Å². The Morgan fingerprint density at radius 3 is 2.35 bits per heavy atom. The molecule has 0 saturated carbocycles. The number of aliphatic hydroxyl groups excluding tert-OH is 1. The Labute approximate surface area is 159 Å². The Morgan fingerprint density at radius 1 is 1.23 bits per heavy atom. The van der Waals surface area contributed by atoms with E-state index in [1.807, 2.05) is 0 Å². The van der Waals surface area contributed by atoms with E-state index in [1.54, 1.807) is 24.3 Å². The number of rotatable bonds is 3. The summed E-state index contributed by atoms with van der Waals surface area (Å²) in [5.74, 6) is -0.803. The molecule has 10 heteroatoms. The first-order valence-electron chi connectivity index (χ1n) is 7.04. The molecule has 138 valence electrons. The van der Waals surface area contributed by atoms with Crippen molar-refractivity contribution in [2.24, 2.45) is 5.73 Å². The summed E-state index contributed by atoms with van der Waals surface area (Å²) in [6, 6.07) is 10.9. The minimum atomic E-state index is -0.580. The van der Waals surface area contributed by atoms with Crippen LogP contribution < -0.4 is 16.8 Å². The van der Waals surface area contributed by atoms with Crippen molar-refractivity contribution in [2.45, 2.75) is 6.92 Å². The number of hydrogen-bond acceptors (Lipinski definition) is 6. The van der Waals surface area contributed by atoms with E-state index in [2.05, 4.69) is 5.32 Å². The van der Waals surface area contributed by atoms with Gasteiger partial charge in [0.05, 0.1) is 15.6 Å². The second-order valence-electron chi connectivity index (χ2n) is 4.89. The van der Waals surface area contributed by atoms with E-state index in [4.69, 9.17) is 39.8 Å². The highest BCUT2D eigenvalue weighted by atomic mass is 35.5. The molecule has 0 aromatic heterocycles. The van der Waals surface area contributed by atoms with Crippen LogP contribution in [0.5, 0.6) is 0 Å². The van der Waals surface area contributed by atoms with Gasteiger partial charge in [-0.05, 0) is 31.2 Å². The highest BCUT2D eigenvalue weighted by molar-refractivity contribution is 6.33. The molecule has 0 aliphatic heterocycles. The minimum Gasteiger partial charge on any atom is -0.510 e. The van der Waals surface area contributed by atoms with Crippen molar-refractivity contribution in [3.63, 3.8) is 0 Å². The Bertz CT molecular complexity index is 852. The second kappa shape index (κ2) is 9.50. The number of para-hydroxylation sites is 1. The SMILES string of the molecule is C/C(O)=C(\N)C(=O)Nc1ccccc1Cl.Nc1ccc(Cl)cc1[N+](=O)[O-]. The average Bonchev–Trinajstić information content (AvgIpc) is 2.58. The number of carbonyl (C=O) groups is 1. The zero-order valence-corrected chi connectivity index (χ0v) is 15.1. The van der Waals surface area contributed by atoms with Crippen molar-refractivity contribution < 1.29 is 14.8 Å². The van der Waals surface area contributed by atoms with E-state index in [0.29, 0.717) is 15.7 Å². The zero-order valence-electron chi connectivity index (χ0n) is 13.6. The van der Waals surface area contributed by atoms with Gasteiger partial charge in [0.2, 0.25) is 0 Å². The first-order chi connectivity index (χ1) is 12.1. The number of carbonyl (C=O) groups excluding carboxylic acids is 1. The molecule has 0 heterocycles. The number of allylic oxidation sites excluding steroid dienone is 1. The normalized spacial score (nSPS) is 10.9. The first-order valence-corrected chi connectivity index (χ1v) is 7.79. The van der Waals surface area contributed by atoms with Gasteiger partial charge in [-0.25, -0.2) is 0 Å². The molecule has 0 fully saturated rings. The largest absolute Gasteiger partial charge is 0.510 e. The predicted molar refractivity (Wildman–Crippen MR) is 102 cm³/mol. The maximum Gasteiger partial charge on any atom is 0.293 e. The number of nitro benzene ring substituents is 1. The number of nitro groups is 1. The Morgan fingerprint density at radius 2 is 1.85 bits per heavy atom. The summed E-state index contributed by atoms with van der Waals surface area (Å²) < 4.78 is 0. The van der Waals surface area contributed by atoms with Crippen LogP contribution in [0.3, 0.4) is 0 Å². The third kappa shape index (κ3) is 6.15. The Kier molecular flexibility index (Phi) is 7.70. The van der Waals surface area contributed by atoms with Crippen molar-refractivity contribution in [2.75, 3.05) is 11.1 Å². The predicted octanol–water partition coefficient (Wildman–Crippen LogP) is 3.86. The van der Waals surface area contributed by atoms with Crippen molar-refractivity contribution in [1.29, 1.82) is 0 Å². The molecule has 6 N–H and O–H groups in total. The molecule has 2 aromatic rings. The van der Waals surface area contributed by atoms with Crippen LogP contribution in [-0.2, 0) is 4.79 Å². The van der Waals surface area contributed by atoms with Crippen molar-refractivity contribution in [1.82, 2.24) is 0 Å². The van der Waals surface area contributed by atoms with Crippen LogP contribution in [0.4, 0.5) is 17.1 Å². The van der Waals surface area contributed by atoms with Gasteiger partial charge in [-0.15, -0.1) is 0 Å². The molecule has 2 aromatic carbocycles. The van der Waals surface area contributed by atoms with E-state index in [9.17, 15) is 14.9 Å². The Hall–Kier alpha value is -2.97. The summed E-state index contributed by atoms with van der Waals surface area (Å²) in [6.07, 6.45) is 0. The van der Waals surface area contributed by atoms with E-state index in [0.717, 1.165) is 0 Å². The van der Waals surface area contributed by atoms with Crippen LogP contribution >= 0.6 is 23.2 Å². The summed E-state index contributed by atoms with van der Waals surface area (Å²) in [5.41, 5.74) is 10.8. The summed E-state index contributed by atoms with van der Waals surface area (Å²) in [6.45, 7) is 1.33. The monoisotopic (exact) mass is 398 g/mol. The standard InChI is InChI=1S/C10H11ClN2O2.C6H5ClN2O2/c1-6(14)9(12)10(15)13-8-5-3-2-4-7(8)11;7-4-1-2-5(8)6(3-4)9(10)11/h2-5,14H,12H2,1H3,(H,13,15);1-3H,8H2/b9-6+;.